The maximum absolute atomic E-state index is 13.6. The second kappa shape index (κ2) is 9.52. The molecule has 4 rings (SSSR count). The smallest absolute Gasteiger partial charge is 0.251 e. The molecule has 9 nitrogen and oxygen atoms in total. The Labute approximate surface area is 212 Å². The Morgan fingerprint density at radius 1 is 1.30 bits per heavy atom. The third kappa shape index (κ3) is 4.69. The fourth-order valence-corrected chi connectivity index (χ4v) is 4.02. The predicted octanol–water partition coefficient (Wildman–Crippen LogP) is 3.22. The summed E-state index contributed by atoms with van der Waals surface area (Å²) in [6.07, 6.45) is 0. The number of benzene rings is 2. The second-order valence-corrected chi connectivity index (χ2v) is 9.18. The van der Waals surface area contributed by atoms with Crippen LogP contribution in [0.25, 0.3) is 16.1 Å². The number of methoxy groups -OCH3 is 1. The predicted molar refractivity (Wildman–Crippen MR) is 133 cm³/mol. The standard InChI is InChI=1S/C27H25FN4O5/c1-26(25(29)34)14-37-23-18(26)12-21(32-22(23)15-5-8-17(28)9-6-15)27(2,35)13-31-24(33)16-7-10-19(30-3)20(11-16)36-4/h5-12,35H,13-14H2,1-2,4H3,(H2,29,34)(H,31,33)/t26-,27-/m0/s1. The number of halogens is 1. The van der Waals surface area contributed by atoms with Crippen molar-refractivity contribution in [1.82, 2.24) is 10.3 Å². The summed E-state index contributed by atoms with van der Waals surface area (Å²) in [5, 5.41) is 14.0. The maximum atomic E-state index is 13.6. The van der Waals surface area contributed by atoms with E-state index in [9.17, 15) is 19.1 Å². The molecule has 1 aliphatic heterocycles. The molecule has 37 heavy (non-hydrogen) atoms. The highest BCUT2D eigenvalue weighted by molar-refractivity contribution is 5.95. The quantitative estimate of drug-likeness (QED) is 0.424. The minimum Gasteiger partial charge on any atom is -0.508 e. The number of aromatic nitrogens is 1. The van der Waals surface area contributed by atoms with Gasteiger partial charge in [-0.25, -0.2) is 14.2 Å². The van der Waals surface area contributed by atoms with Crippen LogP contribution in [0, 0.1) is 12.4 Å². The normalized spacial score (nSPS) is 17.6. The van der Waals surface area contributed by atoms with Crippen molar-refractivity contribution in [3.8, 4) is 22.8 Å². The lowest BCUT2D eigenvalue weighted by atomic mass is 9.82. The molecule has 1 aliphatic rings. The van der Waals surface area contributed by atoms with Gasteiger partial charge >= 0.3 is 0 Å². The molecule has 4 N–H and O–H groups in total. The number of rotatable bonds is 7. The van der Waals surface area contributed by atoms with Crippen molar-refractivity contribution in [3.05, 3.63) is 82.6 Å². The molecule has 2 aromatic carbocycles. The van der Waals surface area contributed by atoms with Gasteiger partial charge in [0, 0.05) is 16.7 Å². The number of carbonyl (C=O) groups excluding carboxylic acids is 2. The first-order chi connectivity index (χ1) is 17.5. The zero-order chi connectivity index (χ0) is 27.0. The molecular weight excluding hydrogens is 479 g/mol. The Morgan fingerprint density at radius 3 is 2.62 bits per heavy atom. The molecular formula is C27H25FN4O5. The monoisotopic (exact) mass is 504 g/mol. The molecule has 190 valence electrons. The van der Waals surface area contributed by atoms with E-state index in [0.29, 0.717) is 22.6 Å². The summed E-state index contributed by atoms with van der Waals surface area (Å²) >= 11 is 0. The van der Waals surface area contributed by atoms with Crippen molar-refractivity contribution < 1.29 is 28.6 Å². The summed E-state index contributed by atoms with van der Waals surface area (Å²) in [7, 11) is 1.40. The van der Waals surface area contributed by atoms with E-state index in [1.165, 1.54) is 56.5 Å². The molecule has 0 radical (unpaired) electrons. The van der Waals surface area contributed by atoms with E-state index >= 15 is 0 Å². The van der Waals surface area contributed by atoms with Gasteiger partial charge in [0.15, 0.2) is 0 Å². The van der Waals surface area contributed by atoms with Crippen LogP contribution >= 0.6 is 0 Å². The zero-order valence-corrected chi connectivity index (χ0v) is 20.5. The Morgan fingerprint density at radius 2 is 2.00 bits per heavy atom. The van der Waals surface area contributed by atoms with Crippen LogP contribution in [-0.2, 0) is 15.8 Å². The number of nitrogens with zero attached hydrogens (tertiary/aromatic N) is 2. The van der Waals surface area contributed by atoms with Crippen LogP contribution in [-0.4, -0.2) is 42.2 Å². The topological polar surface area (TPSA) is 128 Å². The number of primary amides is 1. The Bertz CT molecular complexity index is 1430. The SMILES string of the molecule is [C-]#[N+]c1ccc(C(=O)NC[C@](C)(O)c2cc3c(c(-c4ccc(F)cc4)n2)OC[C@]3(C)C(N)=O)cc1OC. The van der Waals surface area contributed by atoms with Crippen LogP contribution in [0.3, 0.4) is 0 Å². The van der Waals surface area contributed by atoms with Gasteiger partial charge in [-0.15, -0.1) is 0 Å². The van der Waals surface area contributed by atoms with E-state index in [2.05, 4.69) is 15.1 Å². The fraction of sp³-hybridized carbons (Fsp3) is 0.259. The average molecular weight is 505 g/mol. The van der Waals surface area contributed by atoms with E-state index in [1.807, 2.05) is 0 Å². The highest BCUT2D eigenvalue weighted by atomic mass is 19.1. The van der Waals surface area contributed by atoms with Crippen molar-refractivity contribution in [2.75, 3.05) is 20.3 Å². The number of hydrogen-bond donors (Lipinski definition) is 3. The summed E-state index contributed by atoms with van der Waals surface area (Å²) in [5.41, 5.74) is 4.75. The van der Waals surface area contributed by atoms with Gasteiger partial charge in [0.2, 0.25) is 11.6 Å². The minimum absolute atomic E-state index is 0.0156. The molecule has 3 aromatic rings. The fourth-order valence-electron chi connectivity index (χ4n) is 4.02. The zero-order valence-electron chi connectivity index (χ0n) is 20.5. The molecule has 10 heteroatoms. The number of hydrogen-bond acceptors (Lipinski definition) is 6. The summed E-state index contributed by atoms with van der Waals surface area (Å²) in [6.45, 7) is 10.0. The molecule has 2 atom stereocenters. The molecule has 0 saturated carbocycles. The molecule has 0 spiro atoms. The summed E-state index contributed by atoms with van der Waals surface area (Å²) in [4.78, 5) is 33.1. The molecule has 0 saturated heterocycles. The van der Waals surface area contributed by atoms with Crippen LogP contribution in [0.4, 0.5) is 10.1 Å². The number of carbonyl (C=O) groups is 2. The van der Waals surface area contributed by atoms with Gasteiger partial charge in [0.1, 0.15) is 40.6 Å². The van der Waals surface area contributed by atoms with E-state index < -0.39 is 28.6 Å². The first kappa shape index (κ1) is 25.6. The highest BCUT2D eigenvalue weighted by Gasteiger charge is 2.45. The summed E-state index contributed by atoms with van der Waals surface area (Å²) < 4.78 is 24.5. The minimum atomic E-state index is -1.68. The van der Waals surface area contributed by atoms with Crippen LogP contribution in [0.2, 0.25) is 0 Å². The number of ether oxygens (including phenoxy) is 2. The molecule has 1 aromatic heterocycles. The highest BCUT2D eigenvalue weighted by Crippen LogP contribution is 2.45. The van der Waals surface area contributed by atoms with Crippen molar-refractivity contribution in [1.29, 1.82) is 0 Å². The number of fused-ring (bicyclic) bond motifs is 1. The first-order valence-electron chi connectivity index (χ1n) is 11.3. The number of pyridine rings is 1. The van der Waals surface area contributed by atoms with Crippen LogP contribution in [0.15, 0.2) is 48.5 Å². The second-order valence-electron chi connectivity index (χ2n) is 9.18. The van der Waals surface area contributed by atoms with Gasteiger partial charge in [-0.3, -0.25) is 9.59 Å². The van der Waals surface area contributed by atoms with Crippen LogP contribution in [0.5, 0.6) is 11.5 Å². The van der Waals surface area contributed by atoms with E-state index in [0.717, 1.165) is 0 Å². The van der Waals surface area contributed by atoms with Crippen LogP contribution < -0.4 is 20.5 Å². The van der Waals surface area contributed by atoms with Gasteiger partial charge in [-0.05, 0) is 50.2 Å². The lowest BCUT2D eigenvalue weighted by Gasteiger charge is -2.26. The lowest BCUT2D eigenvalue weighted by molar-refractivity contribution is -0.123. The lowest BCUT2D eigenvalue weighted by Crippen LogP contribution is -2.41. The number of nitrogens with one attached hydrogen (secondary N) is 1. The number of amides is 2. The van der Waals surface area contributed by atoms with Gasteiger partial charge in [0.05, 0.1) is 25.9 Å². The summed E-state index contributed by atoms with van der Waals surface area (Å²) in [5.74, 6) is -0.971. The van der Waals surface area contributed by atoms with E-state index in [-0.39, 0.29) is 35.8 Å². The first-order valence-corrected chi connectivity index (χ1v) is 11.3. The maximum Gasteiger partial charge on any atom is 0.251 e. The largest absolute Gasteiger partial charge is 0.508 e. The van der Waals surface area contributed by atoms with Crippen LogP contribution in [0.1, 0.15) is 35.5 Å². The molecule has 0 bridgehead atoms. The molecule has 2 heterocycles. The number of aliphatic hydroxyl groups is 1. The van der Waals surface area contributed by atoms with Crippen molar-refractivity contribution >= 4 is 17.5 Å². The van der Waals surface area contributed by atoms with E-state index in [4.69, 9.17) is 21.8 Å². The van der Waals surface area contributed by atoms with Gasteiger partial charge in [0.25, 0.3) is 5.91 Å². The Balaban J connectivity index is 1.70. The molecule has 0 aliphatic carbocycles. The third-order valence-electron chi connectivity index (χ3n) is 6.44. The number of nitrogens with two attached hydrogens (primary N) is 1. The Kier molecular flexibility index (Phi) is 6.59. The Hall–Kier alpha value is -4.49. The van der Waals surface area contributed by atoms with Gasteiger partial charge in [-0.2, -0.15) is 0 Å². The molecule has 2 amide bonds. The van der Waals surface area contributed by atoms with Crippen molar-refractivity contribution in [2.45, 2.75) is 24.9 Å². The van der Waals surface area contributed by atoms with Crippen molar-refractivity contribution in [2.24, 2.45) is 5.73 Å². The summed E-state index contributed by atoms with van der Waals surface area (Å²) in [6, 6.07) is 11.5. The van der Waals surface area contributed by atoms with E-state index in [1.54, 1.807) is 13.0 Å². The molecule has 0 fully saturated rings. The average Bonchev–Trinajstić information content (AvgIpc) is 3.24. The third-order valence-corrected chi connectivity index (χ3v) is 6.44. The molecule has 0 unspecified atom stereocenters. The van der Waals surface area contributed by atoms with Crippen molar-refractivity contribution in [3.63, 3.8) is 0 Å². The van der Waals surface area contributed by atoms with Gasteiger partial charge in [-0.1, -0.05) is 12.1 Å². The van der Waals surface area contributed by atoms with Gasteiger partial charge < -0.3 is 25.6 Å².